The molecule has 0 aliphatic carbocycles. The third-order valence-electron chi connectivity index (χ3n) is 2.83. The van der Waals surface area contributed by atoms with Crippen molar-refractivity contribution in [2.24, 2.45) is 5.73 Å². The van der Waals surface area contributed by atoms with Crippen LogP contribution in [0.15, 0.2) is 18.3 Å². The van der Waals surface area contributed by atoms with Crippen LogP contribution >= 0.6 is 0 Å². The summed E-state index contributed by atoms with van der Waals surface area (Å²) in [6, 6.07) is 3.83. The van der Waals surface area contributed by atoms with E-state index < -0.39 is 0 Å². The number of hydrogen-bond donors (Lipinski definition) is 1. The summed E-state index contributed by atoms with van der Waals surface area (Å²) in [5, 5.41) is 0. The number of nitrogens with two attached hydrogens (primary N) is 1. The van der Waals surface area contributed by atoms with Crippen LogP contribution in [0.1, 0.15) is 51.6 Å². The maximum Gasteiger partial charge on any atom is 0.142 e. The van der Waals surface area contributed by atoms with Crippen molar-refractivity contribution < 1.29 is 4.74 Å². The topological polar surface area (TPSA) is 48.1 Å². The molecule has 1 rings (SSSR count). The highest BCUT2D eigenvalue weighted by Gasteiger charge is 2.07. The zero-order valence-corrected chi connectivity index (χ0v) is 11.0. The van der Waals surface area contributed by atoms with Crippen LogP contribution in [-0.2, 0) is 6.54 Å². The first-order chi connectivity index (χ1) is 8.27. The molecule has 0 aliphatic rings. The van der Waals surface area contributed by atoms with Crippen molar-refractivity contribution in [1.82, 2.24) is 4.98 Å². The van der Waals surface area contributed by atoms with E-state index in [9.17, 15) is 0 Å². The highest BCUT2D eigenvalue weighted by atomic mass is 16.5. The van der Waals surface area contributed by atoms with Crippen LogP contribution in [0.2, 0.25) is 0 Å². The molecular formula is C14H24N2O. The lowest BCUT2D eigenvalue weighted by atomic mass is 10.1. The molecule has 0 saturated heterocycles. The fourth-order valence-electron chi connectivity index (χ4n) is 1.82. The molecule has 0 spiro atoms. The Hall–Kier alpha value is -1.09. The minimum Gasteiger partial charge on any atom is -0.489 e. The summed E-state index contributed by atoms with van der Waals surface area (Å²) in [4.78, 5) is 4.21. The molecule has 1 aromatic heterocycles. The minimum absolute atomic E-state index is 0.237. The van der Waals surface area contributed by atoms with Crippen molar-refractivity contribution >= 4 is 0 Å². The third kappa shape index (κ3) is 5.18. The molecule has 1 unspecified atom stereocenters. The second kappa shape index (κ2) is 8.07. The molecule has 17 heavy (non-hydrogen) atoms. The molecule has 0 aromatic carbocycles. The van der Waals surface area contributed by atoms with Crippen molar-refractivity contribution in [3.05, 3.63) is 24.0 Å². The fraction of sp³-hybridized carbons (Fsp3) is 0.643. The standard InChI is InChI=1S/C14H24N2O/c1-3-4-5-6-8-12(2)17-14-9-7-10-16-13(14)11-15/h7,9-10,12H,3-6,8,11,15H2,1-2H3. The van der Waals surface area contributed by atoms with Crippen LogP contribution in [0.25, 0.3) is 0 Å². The number of nitrogens with zero attached hydrogens (tertiary/aromatic N) is 1. The van der Waals surface area contributed by atoms with Crippen molar-refractivity contribution in [2.75, 3.05) is 0 Å². The van der Waals surface area contributed by atoms with Gasteiger partial charge >= 0.3 is 0 Å². The lowest BCUT2D eigenvalue weighted by molar-refractivity contribution is 0.203. The molecule has 2 N–H and O–H groups in total. The van der Waals surface area contributed by atoms with Gasteiger partial charge in [0.05, 0.1) is 11.8 Å². The molecular weight excluding hydrogens is 212 g/mol. The van der Waals surface area contributed by atoms with E-state index in [0.717, 1.165) is 17.9 Å². The van der Waals surface area contributed by atoms with E-state index in [4.69, 9.17) is 10.5 Å². The van der Waals surface area contributed by atoms with Gasteiger partial charge in [-0.1, -0.05) is 26.2 Å². The highest BCUT2D eigenvalue weighted by molar-refractivity contribution is 5.26. The molecule has 3 heteroatoms. The summed E-state index contributed by atoms with van der Waals surface area (Å²) in [6.07, 6.45) is 8.19. The first-order valence-electron chi connectivity index (χ1n) is 6.58. The molecule has 0 bridgehead atoms. The van der Waals surface area contributed by atoms with Crippen LogP contribution in [0.4, 0.5) is 0 Å². The quantitative estimate of drug-likeness (QED) is 0.705. The Morgan fingerprint density at radius 2 is 2.18 bits per heavy atom. The van der Waals surface area contributed by atoms with Gasteiger partial charge in [-0.2, -0.15) is 0 Å². The second-order valence-electron chi connectivity index (χ2n) is 4.43. The first kappa shape index (κ1) is 14.0. The van der Waals surface area contributed by atoms with Crippen LogP contribution < -0.4 is 10.5 Å². The van der Waals surface area contributed by atoms with Crippen molar-refractivity contribution in [3.63, 3.8) is 0 Å². The average Bonchev–Trinajstić information content (AvgIpc) is 2.35. The monoisotopic (exact) mass is 236 g/mol. The van der Waals surface area contributed by atoms with Gasteiger partial charge < -0.3 is 10.5 Å². The number of hydrogen-bond acceptors (Lipinski definition) is 3. The molecule has 1 heterocycles. The van der Waals surface area contributed by atoms with E-state index >= 15 is 0 Å². The van der Waals surface area contributed by atoms with Gasteiger partial charge in [0.1, 0.15) is 5.75 Å². The predicted molar refractivity (Wildman–Crippen MR) is 71.0 cm³/mol. The largest absolute Gasteiger partial charge is 0.489 e. The Kier molecular flexibility index (Phi) is 6.63. The van der Waals surface area contributed by atoms with Crippen molar-refractivity contribution in [1.29, 1.82) is 0 Å². The summed E-state index contributed by atoms with van der Waals surface area (Å²) in [6.45, 7) is 4.76. The maximum absolute atomic E-state index is 5.87. The van der Waals surface area contributed by atoms with Crippen LogP contribution in [0.5, 0.6) is 5.75 Å². The van der Waals surface area contributed by atoms with Gasteiger partial charge in [-0.25, -0.2) is 0 Å². The molecule has 96 valence electrons. The van der Waals surface area contributed by atoms with E-state index in [1.165, 1.54) is 25.7 Å². The van der Waals surface area contributed by atoms with E-state index in [1.54, 1.807) is 6.20 Å². The Labute approximate surface area is 104 Å². The van der Waals surface area contributed by atoms with Crippen LogP contribution in [0, 0.1) is 0 Å². The molecule has 0 fully saturated rings. The fourth-order valence-corrected chi connectivity index (χ4v) is 1.82. The molecule has 1 aromatic rings. The lowest BCUT2D eigenvalue weighted by Crippen LogP contribution is -2.14. The molecule has 3 nitrogen and oxygen atoms in total. The Morgan fingerprint density at radius 3 is 2.88 bits per heavy atom. The van der Waals surface area contributed by atoms with Crippen molar-refractivity contribution in [2.45, 2.75) is 58.6 Å². The van der Waals surface area contributed by atoms with Crippen molar-refractivity contribution in [3.8, 4) is 5.75 Å². The van der Waals surface area contributed by atoms with Gasteiger partial charge in [-0.15, -0.1) is 0 Å². The Bertz CT molecular complexity index is 315. The van der Waals surface area contributed by atoms with Crippen LogP contribution in [0.3, 0.4) is 0 Å². The van der Waals surface area contributed by atoms with Crippen LogP contribution in [-0.4, -0.2) is 11.1 Å². The number of aromatic nitrogens is 1. The number of ether oxygens (including phenoxy) is 1. The summed E-state index contributed by atoms with van der Waals surface area (Å²) < 4.78 is 5.87. The van der Waals surface area contributed by atoms with E-state index in [2.05, 4.69) is 18.8 Å². The normalized spacial score (nSPS) is 12.4. The zero-order chi connectivity index (χ0) is 12.5. The smallest absolute Gasteiger partial charge is 0.142 e. The van der Waals surface area contributed by atoms with Gasteiger partial charge in [0.2, 0.25) is 0 Å². The first-order valence-corrected chi connectivity index (χ1v) is 6.58. The third-order valence-corrected chi connectivity index (χ3v) is 2.83. The minimum atomic E-state index is 0.237. The number of pyridine rings is 1. The lowest BCUT2D eigenvalue weighted by Gasteiger charge is -2.16. The molecule has 0 aliphatic heterocycles. The average molecular weight is 236 g/mol. The summed E-state index contributed by atoms with van der Waals surface area (Å²) >= 11 is 0. The van der Waals surface area contributed by atoms with Gasteiger partial charge in [0, 0.05) is 12.7 Å². The summed E-state index contributed by atoms with van der Waals surface area (Å²) in [5.74, 6) is 0.831. The Morgan fingerprint density at radius 1 is 1.35 bits per heavy atom. The molecule has 0 amide bonds. The van der Waals surface area contributed by atoms with Gasteiger partial charge in [0.15, 0.2) is 0 Å². The number of unbranched alkanes of at least 4 members (excludes halogenated alkanes) is 3. The summed E-state index contributed by atoms with van der Waals surface area (Å²) in [7, 11) is 0. The highest BCUT2D eigenvalue weighted by Crippen LogP contribution is 2.18. The molecule has 0 saturated carbocycles. The maximum atomic E-state index is 5.87. The van der Waals surface area contributed by atoms with E-state index in [-0.39, 0.29) is 6.10 Å². The predicted octanol–water partition coefficient (Wildman–Crippen LogP) is 3.28. The molecule has 0 radical (unpaired) electrons. The summed E-state index contributed by atoms with van der Waals surface area (Å²) in [5.41, 5.74) is 6.46. The van der Waals surface area contributed by atoms with E-state index in [0.29, 0.717) is 6.54 Å². The van der Waals surface area contributed by atoms with E-state index in [1.807, 2.05) is 12.1 Å². The van der Waals surface area contributed by atoms with Gasteiger partial charge in [-0.3, -0.25) is 4.98 Å². The van der Waals surface area contributed by atoms with Gasteiger partial charge in [0.25, 0.3) is 0 Å². The zero-order valence-electron chi connectivity index (χ0n) is 11.0. The SMILES string of the molecule is CCCCCCC(C)Oc1cccnc1CN. The van der Waals surface area contributed by atoms with Gasteiger partial charge in [-0.05, 0) is 31.9 Å². The second-order valence-corrected chi connectivity index (χ2v) is 4.43. The number of rotatable bonds is 8. The Balaban J connectivity index is 2.36. The molecule has 1 atom stereocenters.